The molecule has 0 atom stereocenters. The van der Waals surface area contributed by atoms with Crippen molar-refractivity contribution >= 4 is 11.9 Å². The van der Waals surface area contributed by atoms with Crippen LogP contribution in [-0.2, 0) is 9.47 Å². The van der Waals surface area contributed by atoms with Gasteiger partial charge in [0.2, 0.25) is 0 Å². The van der Waals surface area contributed by atoms with Crippen molar-refractivity contribution in [2.75, 3.05) is 13.2 Å². The average Bonchev–Trinajstić information content (AvgIpc) is 2.27. The molecule has 2 rings (SSSR count). The minimum atomic E-state index is -0.660. The molecule has 0 saturated carbocycles. The summed E-state index contributed by atoms with van der Waals surface area (Å²) in [4.78, 5) is 22.7. The van der Waals surface area contributed by atoms with Crippen molar-refractivity contribution in [1.29, 1.82) is 0 Å². The number of aromatic hydroxyl groups is 1. The molecule has 78 valence electrons. The van der Waals surface area contributed by atoms with Gasteiger partial charge in [-0.25, -0.2) is 9.59 Å². The van der Waals surface area contributed by atoms with Crippen LogP contribution in [0.4, 0.5) is 0 Å². The minimum absolute atomic E-state index is 0.0114. The Bertz CT molecular complexity index is 388. The molecule has 5 heteroatoms. The van der Waals surface area contributed by atoms with Gasteiger partial charge in [0.15, 0.2) is 0 Å². The molecule has 0 radical (unpaired) electrons. The van der Waals surface area contributed by atoms with E-state index in [1.807, 2.05) is 0 Å². The highest BCUT2D eigenvalue weighted by Gasteiger charge is 2.22. The number of phenolic OH excluding ortho intramolecular Hbond substituents is 1. The van der Waals surface area contributed by atoms with Gasteiger partial charge in [0.05, 0.1) is 0 Å². The topological polar surface area (TPSA) is 72.8 Å². The van der Waals surface area contributed by atoms with Gasteiger partial charge in [-0.1, -0.05) is 6.07 Å². The van der Waals surface area contributed by atoms with E-state index < -0.39 is 17.7 Å². The van der Waals surface area contributed by atoms with Gasteiger partial charge in [-0.15, -0.1) is 0 Å². The van der Waals surface area contributed by atoms with E-state index in [1.165, 1.54) is 18.2 Å². The van der Waals surface area contributed by atoms with Crippen LogP contribution >= 0.6 is 0 Å². The highest BCUT2D eigenvalue weighted by atomic mass is 16.6. The number of esters is 2. The van der Waals surface area contributed by atoms with Gasteiger partial charge in [-0.05, 0) is 12.1 Å². The Morgan fingerprint density at radius 3 is 1.93 bits per heavy atom. The van der Waals surface area contributed by atoms with Gasteiger partial charge in [-0.2, -0.15) is 0 Å². The number of para-hydroxylation sites is 1. The molecule has 1 N–H and O–H groups in total. The summed E-state index contributed by atoms with van der Waals surface area (Å²) in [6.45, 7) is -0.0229. The molecule has 1 aliphatic rings. The standard InChI is InChI=1S/C10H8O5/c11-8-6-2-1-3-7(8)10(13)15-5-4-14-9(6)12/h1-3,11H,4-5H2. The van der Waals surface area contributed by atoms with Crippen LogP contribution in [0.1, 0.15) is 20.7 Å². The number of ether oxygens (including phenoxy) is 2. The molecular weight excluding hydrogens is 200 g/mol. The molecule has 2 bridgehead atoms. The molecule has 5 nitrogen and oxygen atoms in total. The molecule has 1 heterocycles. The first kappa shape index (κ1) is 9.51. The predicted octanol–water partition coefficient (Wildman–Crippen LogP) is 0.719. The van der Waals surface area contributed by atoms with Crippen LogP contribution in [0.3, 0.4) is 0 Å². The van der Waals surface area contributed by atoms with E-state index in [9.17, 15) is 14.7 Å². The zero-order chi connectivity index (χ0) is 10.8. The molecule has 0 aromatic heterocycles. The second-order valence-corrected chi connectivity index (χ2v) is 2.97. The van der Waals surface area contributed by atoms with Crippen molar-refractivity contribution in [2.24, 2.45) is 0 Å². The largest absolute Gasteiger partial charge is 0.506 e. The summed E-state index contributed by atoms with van der Waals surface area (Å²) in [5.74, 6) is -1.71. The maximum Gasteiger partial charge on any atom is 0.342 e. The lowest BCUT2D eigenvalue weighted by Gasteiger charge is -2.04. The van der Waals surface area contributed by atoms with E-state index in [-0.39, 0.29) is 24.3 Å². The van der Waals surface area contributed by atoms with E-state index in [1.54, 1.807) is 0 Å². The number of cyclic esters (lactones) is 2. The summed E-state index contributed by atoms with van der Waals surface area (Å²) in [5, 5.41) is 9.62. The van der Waals surface area contributed by atoms with Crippen molar-refractivity contribution < 1.29 is 24.2 Å². The normalized spacial score (nSPS) is 15.7. The fraction of sp³-hybridized carbons (Fsp3) is 0.200. The van der Waals surface area contributed by atoms with E-state index >= 15 is 0 Å². The zero-order valence-corrected chi connectivity index (χ0v) is 7.73. The number of hydrogen-bond donors (Lipinski definition) is 1. The summed E-state index contributed by atoms with van der Waals surface area (Å²) < 4.78 is 9.51. The maximum atomic E-state index is 11.4. The lowest BCUT2D eigenvalue weighted by Crippen LogP contribution is -2.10. The first-order valence-electron chi connectivity index (χ1n) is 4.36. The molecule has 15 heavy (non-hydrogen) atoms. The monoisotopic (exact) mass is 208 g/mol. The van der Waals surface area contributed by atoms with Crippen molar-refractivity contribution in [3.8, 4) is 5.75 Å². The quantitative estimate of drug-likeness (QED) is 0.636. The first-order chi connectivity index (χ1) is 7.20. The molecule has 0 aliphatic carbocycles. The Hall–Kier alpha value is -2.04. The van der Waals surface area contributed by atoms with E-state index in [4.69, 9.17) is 9.47 Å². The summed E-state index contributed by atoms with van der Waals surface area (Å²) in [6, 6.07) is 4.26. The Balaban J connectivity index is 2.56. The summed E-state index contributed by atoms with van der Waals surface area (Å²) in [5.41, 5.74) is -0.0438. The van der Waals surface area contributed by atoms with Crippen LogP contribution in [0.2, 0.25) is 0 Å². The number of fused-ring (bicyclic) bond motifs is 2. The van der Waals surface area contributed by atoms with Gasteiger partial charge in [0.25, 0.3) is 0 Å². The number of carbonyl (C=O) groups excluding carboxylic acids is 2. The van der Waals surface area contributed by atoms with Gasteiger partial charge in [0, 0.05) is 0 Å². The Labute approximate surface area is 85.2 Å². The number of rotatable bonds is 0. The molecule has 1 aromatic carbocycles. The Kier molecular flexibility index (Phi) is 2.29. The molecule has 0 spiro atoms. The fourth-order valence-corrected chi connectivity index (χ4v) is 1.30. The maximum absolute atomic E-state index is 11.4. The van der Waals surface area contributed by atoms with E-state index in [2.05, 4.69) is 0 Å². The van der Waals surface area contributed by atoms with E-state index in [0.29, 0.717) is 0 Å². The average molecular weight is 208 g/mol. The second-order valence-electron chi connectivity index (χ2n) is 2.97. The fourth-order valence-electron chi connectivity index (χ4n) is 1.30. The molecule has 0 unspecified atom stereocenters. The van der Waals surface area contributed by atoms with Crippen molar-refractivity contribution in [3.05, 3.63) is 29.3 Å². The lowest BCUT2D eigenvalue weighted by molar-refractivity contribution is 0.0277. The summed E-state index contributed by atoms with van der Waals surface area (Å²) in [7, 11) is 0. The highest BCUT2D eigenvalue weighted by Crippen LogP contribution is 2.24. The number of hydrogen-bond acceptors (Lipinski definition) is 5. The third-order valence-corrected chi connectivity index (χ3v) is 2.03. The third kappa shape index (κ3) is 1.63. The van der Waals surface area contributed by atoms with Crippen LogP contribution in [-0.4, -0.2) is 30.3 Å². The van der Waals surface area contributed by atoms with Crippen molar-refractivity contribution in [3.63, 3.8) is 0 Å². The molecule has 0 amide bonds. The van der Waals surface area contributed by atoms with Gasteiger partial charge >= 0.3 is 11.9 Å². The first-order valence-corrected chi connectivity index (χ1v) is 4.36. The molecule has 0 fully saturated rings. The smallest absolute Gasteiger partial charge is 0.342 e. The van der Waals surface area contributed by atoms with Gasteiger partial charge < -0.3 is 14.6 Å². The van der Waals surface area contributed by atoms with Gasteiger partial charge in [-0.3, -0.25) is 0 Å². The zero-order valence-electron chi connectivity index (χ0n) is 7.73. The molecule has 1 aliphatic heterocycles. The van der Waals surface area contributed by atoms with Crippen LogP contribution < -0.4 is 0 Å². The van der Waals surface area contributed by atoms with Gasteiger partial charge in [0.1, 0.15) is 30.1 Å². The molecule has 0 saturated heterocycles. The highest BCUT2D eigenvalue weighted by molar-refractivity contribution is 6.00. The Morgan fingerprint density at radius 2 is 1.47 bits per heavy atom. The predicted molar refractivity (Wildman–Crippen MR) is 48.7 cm³/mol. The summed E-state index contributed by atoms with van der Waals surface area (Å²) in [6.07, 6.45) is 0. The van der Waals surface area contributed by atoms with Crippen LogP contribution in [0.15, 0.2) is 18.2 Å². The molecule has 1 aromatic rings. The van der Waals surface area contributed by atoms with Crippen molar-refractivity contribution in [1.82, 2.24) is 0 Å². The van der Waals surface area contributed by atoms with Crippen molar-refractivity contribution in [2.45, 2.75) is 0 Å². The molecular formula is C10H8O5. The van der Waals surface area contributed by atoms with E-state index in [0.717, 1.165) is 0 Å². The van der Waals surface area contributed by atoms with Crippen LogP contribution in [0, 0.1) is 0 Å². The lowest BCUT2D eigenvalue weighted by atomic mass is 10.1. The Morgan fingerprint density at radius 1 is 1.00 bits per heavy atom. The SMILES string of the molecule is O=C1OCCOC(=O)c2cccc1c2O. The number of phenols is 1. The second kappa shape index (κ2) is 3.61. The number of benzene rings is 1. The minimum Gasteiger partial charge on any atom is -0.506 e. The number of carbonyl (C=O) groups is 2. The third-order valence-electron chi connectivity index (χ3n) is 2.03. The summed E-state index contributed by atoms with van der Waals surface area (Å²) >= 11 is 0. The van der Waals surface area contributed by atoms with Crippen LogP contribution in [0.5, 0.6) is 5.75 Å². The van der Waals surface area contributed by atoms with Crippen LogP contribution in [0.25, 0.3) is 0 Å².